The molecule has 42 heavy (non-hydrogen) atoms. The van der Waals surface area contributed by atoms with E-state index >= 15 is 0 Å². The highest BCUT2D eigenvalue weighted by Crippen LogP contribution is 2.68. The van der Waals surface area contributed by atoms with Gasteiger partial charge < -0.3 is 24.4 Å². The van der Waals surface area contributed by atoms with E-state index in [2.05, 4.69) is 20.8 Å². The molecule has 0 radical (unpaired) electrons. The maximum atomic E-state index is 12.8. The molecular weight excluding hydrogens is 536 g/mol. The van der Waals surface area contributed by atoms with Crippen LogP contribution >= 0.6 is 0 Å². The Morgan fingerprint density at radius 1 is 1.05 bits per heavy atom. The van der Waals surface area contributed by atoms with Gasteiger partial charge in [0, 0.05) is 6.42 Å². The Morgan fingerprint density at radius 3 is 2.45 bits per heavy atom. The van der Waals surface area contributed by atoms with Crippen molar-refractivity contribution in [3.63, 3.8) is 0 Å². The van der Waals surface area contributed by atoms with Crippen molar-refractivity contribution < 1.29 is 38.8 Å². The van der Waals surface area contributed by atoms with Crippen LogP contribution in [-0.2, 0) is 28.6 Å². The van der Waals surface area contributed by atoms with Gasteiger partial charge >= 0.3 is 17.9 Å². The third-order valence-corrected chi connectivity index (χ3v) is 13.1. The first-order chi connectivity index (χ1) is 19.7. The molecular formula is C34H54O8. The second kappa shape index (κ2) is 11.7. The van der Waals surface area contributed by atoms with Gasteiger partial charge in [-0.15, -0.1) is 0 Å². The van der Waals surface area contributed by atoms with Crippen molar-refractivity contribution >= 4 is 17.9 Å². The van der Waals surface area contributed by atoms with Gasteiger partial charge in [0.15, 0.2) is 0 Å². The number of esters is 3. The molecule has 0 aromatic heterocycles. The fourth-order valence-electron chi connectivity index (χ4n) is 10.0. The van der Waals surface area contributed by atoms with Crippen LogP contribution in [-0.4, -0.2) is 59.1 Å². The Balaban J connectivity index is 1.24. The molecule has 8 nitrogen and oxygen atoms in total. The molecule has 7 unspecified atom stereocenters. The zero-order valence-electron chi connectivity index (χ0n) is 26.6. The summed E-state index contributed by atoms with van der Waals surface area (Å²) < 4.78 is 16.4. The van der Waals surface area contributed by atoms with Crippen molar-refractivity contribution in [1.29, 1.82) is 0 Å². The summed E-state index contributed by atoms with van der Waals surface area (Å²) in [5.74, 6) is 0.634. The van der Waals surface area contributed by atoms with Crippen LogP contribution in [0.15, 0.2) is 0 Å². The Bertz CT molecular complexity index is 1040. The van der Waals surface area contributed by atoms with Gasteiger partial charge in [0.1, 0.15) is 18.8 Å². The van der Waals surface area contributed by atoms with Gasteiger partial charge in [0.25, 0.3) is 0 Å². The van der Waals surface area contributed by atoms with E-state index in [1.807, 2.05) is 20.8 Å². The number of aliphatic hydroxyl groups excluding tert-OH is 2. The van der Waals surface area contributed by atoms with E-state index in [0.29, 0.717) is 12.8 Å². The van der Waals surface area contributed by atoms with Crippen LogP contribution in [0.5, 0.6) is 0 Å². The van der Waals surface area contributed by atoms with Crippen molar-refractivity contribution in [2.24, 2.45) is 51.8 Å². The Hall–Kier alpha value is -1.67. The van der Waals surface area contributed by atoms with Gasteiger partial charge in [-0.3, -0.25) is 14.4 Å². The Morgan fingerprint density at radius 2 is 1.79 bits per heavy atom. The highest BCUT2D eigenvalue weighted by Gasteiger charge is 2.66. The first-order valence-corrected chi connectivity index (χ1v) is 16.6. The number of aliphatic hydroxyl groups is 2. The van der Waals surface area contributed by atoms with E-state index in [0.717, 1.165) is 44.9 Å². The van der Waals surface area contributed by atoms with Crippen LogP contribution in [0.2, 0.25) is 0 Å². The van der Waals surface area contributed by atoms with Gasteiger partial charge in [-0.25, -0.2) is 0 Å². The van der Waals surface area contributed by atoms with Crippen molar-refractivity contribution in [1.82, 2.24) is 0 Å². The van der Waals surface area contributed by atoms with Gasteiger partial charge in [-0.05, 0) is 118 Å². The maximum absolute atomic E-state index is 12.8. The predicted octanol–water partition coefficient (Wildman–Crippen LogP) is 5.21. The van der Waals surface area contributed by atoms with E-state index in [-0.39, 0.29) is 89.8 Å². The fourth-order valence-corrected chi connectivity index (χ4v) is 10.0. The lowest BCUT2D eigenvalue weighted by molar-refractivity contribution is -0.210. The zero-order valence-corrected chi connectivity index (χ0v) is 26.6. The van der Waals surface area contributed by atoms with Crippen LogP contribution < -0.4 is 0 Å². The predicted molar refractivity (Wildman–Crippen MR) is 156 cm³/mol. The number of hydrogen-bond donors (Lipinski definition) is 2. The number of hydrogen-bond acceptors (Lipinski definition) is 8. The molecule has 0 amide bonds. The molecule has 238 valence electrons. The summed E-state index contributed by atoms with van der Waals surface area (Å²) in [6, 6.07) is 0. The standard InChI is InChI=1S/C34H54O8/c1-7-32(3,4)31(39)42-21-12-13-33(5)20(14-21)15-26(35)30-24-10-9-23(34(24,6)27(36)17-25(30)33)19(2)8-11-28(37)41-22-16-29(38)40-18-22/h19-27,30,35-36H,7-18H2,1-6H3/t19?,20?,21-,22?,23?,24?,25?,26+,27-,30?,33-,34+/m0/s1. The third kappa shape index (κ3) is 5.52. The SMILES string of the molecule is CCC(C)(C)C(=O)O[C@H]1CC[C@@]2(C)C(C1)C[C@@H](O)C1C2C[C@H](O)[C@]2(C)C(C(C)CCC(=O)OC3COC(=O)C3)CCC12. The third-order valence-electron chi connectivity index (χ3n) is 13.1. The molecule has 8 heteroatoms. The molecule has 1 heterocycles. The molecule has 0 aromatic carbocycles. The van der Waals surface area contributed by atoms with Gasteiger partial charge in [-0.2, -0.15) is 0 Å². The zero-order chi connectivity index (χ0) is 30.6. The van der Waals surface area contributed by atoms with Crippen molar-refractivity contribution in [2.75, 3.05) is 6.61 Å². The molecule has 1 saturated heterocycles. The minimum Gasteiger partial charge on any atom is -0.462 e. The van der Waals surface area contributed by atoms with Crippen LogP contribution in [0.25, 0.3) is 0 Å². The molecule has 0 bridgehead atoms. The van der Waals surface area contributed by atoms with E-state index in [1.165, 1.54) is 0 Å². The summed E-state index contributed by atoms with van der Waals surface area (Å²) in [6.07, 6.45) is 6.33. The smallest absolute Gasteiger partial charge is 0.311 e. The van der Waals surface area contributed by atoms with E-state index in [4.69, 9.17) is 14.2 Å². The average molecular weight is 591 g/mol. The minimum absolute atomic E-state index is 0.00812. The van der Waals surface area contributed by atoms with Gasteiger partial charge in [0.05, 0.1) is 24.0 Å². The molecule has 5 rings (SSSR count). The summed E-state index contributed by atoms with van der Waals surface area (Å²) in [7, 11) is 0. The van der Waals surface area contributed by atoms with Crippen molar-refractivity contribution in [2.45, 2.75) is 137 Å². The minimum atomic E-state index is -0.488. The topological polar surface area (TPSA) is 119 Å². The molecule has 4 saturated carbocycles. The highest BCUT2D eigenvalue weighted by molar-refractivity contribution is 5.76. The lowest BCUT2D eigenvalue weighted by Gasteiger charge is -2.63. The summed E-state index contributed by atoms with van der Waals surface area (Å²) in [5.41, 5.74) is -0.787. The quantitative estimate of drug-likeness (QED) is 0.292. The Kier molecular flexibility index (Phi) is 8.83. The summed E-state index contributed by atoms with van der Waals surface area (Å²) in [5, 5.41) is 23.6. The second-order valence-corrected chi connectivity index (χ2v) is 15.7. The van der Waals surface area contributed by atoms with Crippen molar-refractivity contribution in [3.8, 4) is 0 Å². The molecule has 2 N–H and O–H groups in total. The van der Waals surface area contributed by atoms with Gasteiger partial charge in [0.2, 0.25) is 0 Å². The molecule has 0 spiro atoms. The first kappa shape index (κ1) is 31.7. The average Bonchev–Trinajstić information content (AvgIpc) is 3.51. The van der Waals surface area contributed by atoms with Crippen LogP contribution in [0.3, 0.4) is 0 Å². The lowest BCUT2D eigenvalue weighted by Crippen LogP contribution is -2.62. The largest absolute Gasteiger partial charge is 0.462 e. The monoisotopic (exact) mass is 590 g/mol. The number of rotatable bonds is 8. The second-order valence-electron chi connectivity index (χ2n) is 15.7. The molecule has 5 aliphatic rings. The number of cyclic esters (lactones) is 1. The van der Waals surface area contributed by atoms with Gasteiger partial charge in [-0.1, -0.05) is 27.7 Å². The fraction of sp³-hybridized carbons (Fsp3) is 0.912. The molecule has 0 aromatic rings. The molecule has 12 atom stereocenters. The number of carbonyl (C=O) groups excluding carboxylic acids is 3. The van der Waals surface area contributed by atoms with E-state index in [9.17, 15) is 24.6 Å². The molecule has 4 aliphatic carbocycles. The number of fused-ring (bicyclic) bond motifs is 5. The lowest BCUT2D eigenvalue weighted by atomic mass is 9.43. The highest BCUT2D eigenvalue weighted by atomic mass is 16.6. The summed E-state index contributed by atoms with van der Waals surface area (Å²) >= 11 is 0. The summed E-state index contributed by atoms with van der Waals surface area (Å²) in [4.78, 5) is 36.6. The van der Waals surface area contributed by atoms with Crippen molar-refractivity contribution in [3.05, 3.63) is 0 Å². The Labute approximate surface area is 251 Å². The van der Waals surface area contributed by atoms with E-state index < -0.39 is 23.7 Å². The van der Waals surface area contributed by atoms with Crippen LogP contribution in [0, 0.1) is 51.8 Å². The van der Waals surface area contributed by atoms with Crippen LogP contribution in [0.4, 0.5) is 0 Å². The number of ether oxygens (including phenoxy) is 3. The normalized spacial score (nSPS) is 43.9. The first-order valence-electron chi connectivity index (χ1n) is 16.6. The van der Waals surface area contributed by atoms with E-state index in [1.54, 1.807) is 0 Å². The number of carbonyl (C=O) groups is 3. The molecule has 5 fully saturated rings. The molecule has 1 aliphatic heterocycles. The van der Waals surface area contributed by atoms with Crippen LogP contribution in [0.1, 0.15) is 112 Å². The maximum Gasteiger partial charge on any atom is 0.311 e. The summed E-state index contributed by atoms with van der Waals surface area (Å²) in [6.45, 7) is 12.8.